The predicted molar refractivity (Wildman–Crippen MR) is 251 cm³/mol. The topological polar surface area (TPSA) is 135 Å². The Labute approximate surface area is 371 Å². The van der Waals surface area contributed by atoms with Gasteiger partial charge in [-0.3, -0.25) is 4.79 Å². The second kappa shape index (κ2) is 42.4. The van der Waals surface area contributed by atoms with Crippen molar-refractivity contribution in [3.63, 3.8) is 0 Å². The zero-order valence-corrected chi connectivity index (χ0v) is 38.1. The monoisotopic (exact) mass is 855 g/mol. The van der Waals surface area contributed by atoms with Gasteiger partial charge in [-0.2, -0.15) is 0 Å². The molecule has 0 amide bonds. The normalized spacial score (nSPS) is 20.8. The van der Waals surface area contributed by atoms with Crippen LogP contribution in [0.2, 0.25) is 0 Å². The highest BCUT2D eigenvalue weighted by Gasteiger charge is 2.44. The lowest BCUT2D eigenvalue weighted by molar-refractivity contribution is -0.305. The van der Waals surface area contributed by atoms with E-state index < -0.39 is 43.4 Å². The fourth-order valence-corrected chi connectivity index (χ4v) is 6.52. The Kier molecular flexibility index (Phi) is 39.0. The van der Waals surface area contributed by atoms with Gasteiger partial charge in [0.15, 0.2) is 6.29 Å². The second-order valence-electron chi connectivity index (χ2n) is 15.8. The molecule has 0 aromatic rings. The Morgan fingerprint density at radius 2 is 1.00 bits per heavy atom. The van der Waals surface area contributed by atoms with Crippen LogP contribution in [0.15, 0.2) is 97.2 Å². The molecule has 9 heteroatoms. The quantitative estimate of drug-likeness (QED) is 0.0271. The first kappa shape index (κ1) is 56.1. The first-order valence-corrected chi connectivity index (χ1v) is 23.8. The summed E-state index contributed by atoms with van der Waals surface area (Å²) in [5.41, 5.74) is 0. The standard InChI is InChI=1S/C52H86O9/c1-3-5-7-9-11-13-15-17-19-20-21-22-23-24-25-26-27-28-30-32-34-36-38-40-42-58-44-46(45-59-52-51(57)50(56)49(55)47(43-53)61-52)60-48(54)41-39-37-35-33-31-29-18-16-14-12-10-8-6-4-2/h5,7,11,13,16-19,21-22,24-25,27-28,32,34,46-47,49-53,55-57H,3-4,6,8-10,12,14-15,20,23,26,29-31,33,35-45H2,1-2H3/b7-5-,13-11-,18-16-,19-17-,22-21-,25-24-,28-27-,34-32-. The molecular formula is C52H86O9. The van der Waals surface area contributed by atoms with E-state index in [0.717, 1.165) is 103 Å². The van der Waals surface area contributed by atoms with E-state index in [1.807, 2.05) is 0 Å². The minimum absolute atomic E-state index is 0.105. The Morgan fingerprint density at radius 1 is 0.541 bits per heavy atom. The van der Waals surface area contributed by atoms with Gasteiger partial charge in [0.05, 0.1) is 19.8 Å². The van der Waals surface area contributed by atoms with Crippen LogP contribution in [0.4, 0.5) is 0 Å². The first-order chi connectivity index (χ1) is 29.9. The third-order valence-corrected chi connectivity index (χ3v) is 10.2. The van der Waals surface area contributed by atoms with Gasteiger partial charge in [-0.25, -0.2) is 0 Å². The molecule has 0 aromatic carbocycles. The average molecular weight is 855 g/mol. The number of unbranched alkanes of at least 4 members (excludes halogenated alkanes) is 12. The fourth-order valence-electron chi connectivity index (χ4n) is 6.52. The lowest BCUT2D eigenvalue weighted by atomic mass is 9.99. The van der Waals surface area contributed by atoms with Crippen molar-refractivity contribution >= 4 is 5.97 Å². The molecule has 0 radical (unpaired) electrons. The molecule has 6 unspecified atom stereocenters. The van der Waals surface area contributed by atoms with Gasteiger partial charge in [0.1, 0.15) is 30.5 Å². The first-order valence-electron chi connectivity index (χ1n) is 23.8. The summed E-state index contributed by atoms with van der Waals surface area (Å²) in [6, 6.07) is 0. The van der Waals surface area contributed by atoms with Crippen LogP contribution in [-0.2, 0) is 23.7 Å². The number of rotatable bonds is 39. The Hall–Kier alpha value is -2.89. The van der Waals surface area contributed by atoms with E-state index in [1.54, 1.807) is 0 Å². The van der Waals surface area contributed by atoms with Gasteiger partial charge < -0.3 is 39.4 Å². The van der Waals surface area contributed by atoms with Gasteiger partial charge in [0.25, 0.3) is 0 Å². The zero-order chi connectivity index (χ0) is 44.3. The minimum atomic E-state index is -1.55. The number of carbonyl (C=O) groups excluding carboxylic acids is 1. The molecule has 1 saturated heterocycles. The number of hydrogen-bond donors (Lipinski definition) is 4. The molecule has 0 aromatic heterocycles. The molecule has 0 bridgehead atoms. The van der Waals surface area contributed by atoms with E-state index in [0.29, 0.717) is 13.0 Å². The molecule has 6 atom stereocenters. The van der Waals surface area contributed by atoms with E-state index in [2.05, 4.69) is 111 Å². The highest BCUT2D eigenvalue weighted by Crippen LogP contribution is 2.22. The van der Waals surface area contributed by atoms with Crippen LogP contribution in [-0.4, -0.2) is 89.6 Å². The third-order valence-electron chi connectivity index (χ3n) is 10.2. The molecule has 0 aliphatic carbocycles. The summed E-state index contributed by atoms with van der Waals surface area (Å²) in [6.45, 7) is 4.29. The van der Waals surface area contributed by atoms with Gasteiger partial charge in [-0.05, 0) is 96.3 Å². The van der Waals surface area contributed by atoms with Crippen molar-refractivity contribution in [3.8, 4) is 0 Å². The van der Waals surface area contributed by atoms with Crippen LogP contribution < -0.4 is 0 Å². The molecule has 1 aliphatic heterocycles. The highest BCUT2D eigenvalue weighted by molar-refractivity contribution is 5.69. The number of carbonyl (C=O) groups is 1. The molecule has 4 N–H and O–H groups in total. The Bertz CT molecular complexity index is 1250. The largest absolute Gasteiger partial charge is 0.457 e. The van der Waals surface area contributed by atoms with E-state index in [-0.39, 0.29) is 19.2 Å². The third kappa shape index (κ3) is 33.4. The fraction of sp³-hybridized carbons (Fsp3) is 0.673. The van der Waals surface area contributed by atoms with Crippen molar-refractivity contribution in [2.24, 2.45) is 0 Å². The lowest BCUT2D eigenvalue weighted by Gasteiger charge is -2.39. The molecular weight excluding hydrogens is 769 g/mol. The van der Waals surface area contributed by atoms with Gasteiger partial charge in [0.2, 0.25) is 0 Å². The SMILES string of the molecule is CC/C=C\C/C=C\C/C=C\C/C=C\C/C=C\C/C=C\C/C=C\CCCCOCC(COC1OC(CO)C(O)C(O)C1O)OC(=O)CCCCCCC/C=C\CCCCCCC. The maximum atomic E-state index is 12.8. The van der Waals surface area contributed by atoms with E-state index >= 15 is 0 Å². The Morgan fingerprint density at radius 3 is 1.52 bits per heavy atom. The summed E-state index contributed by atoms with van der Waals surface area (Å²) in [7, 11) is 0. The smallest absolute Gasteiger partial charge is 0.306 e. The predicted octanol–water partition coefficient (Wildman–Crippen LogP) is 11.2. The zero-order valence-electron chi connectivity index (χ0n) is 38.1. The molecule has 61 heavy (non-hydrogen) atoms. The molecule has 1 fully saturated rings. The van der Waals surface area contributed by atoms with Crippen LogP contribution in [0.25, 0.3) is 0 Å². The summed E-state index contributed by atoms with van der Waals surface area (Å²) in [4.78, 5) is 12.8. The number of esters is 1. The van der Waals surface area contributed by atoms with Gasteiger partial charge in [-0.15, -0.1) is 0 Å². The summed E-state index contributed by atoms with van der Waals surface area (Å²) >= 11 is 0. The Balaban J connectivity index is 2.29. The van der Waals surface area contributed by atoms with Crippen molar-refractivity contribution in [1.29, 1.82) is 0 Å². The van der Waals surface area contributed by atoms with E-state index in [4.69, 9.17) is 18.9 Å². The van der Waals surface area contributed by atoms with Crippen molar-refractivity contribution in [3.05, 3.63) is 97.2 Å². The van der Waals surface area contributed by atoms with Crippen LogP contribution in [0, 0.1) is 0 Å². The van der Waals surface area contributed by atoms with Gasteiger partial charge in [-0.1, -0.05) is 156 Å². The number of aliphatic hydroxyl groups excluding tert-OH is 4. The second-order valence-corrected chi connectivity index (χ2v) is 15.8. The summed E-state index contributed by atoms with van der Waals surface area (Å²) < 4.78 is 22.8. The summed E-state index contributed by atoms with van der Waals surface area (Å²) in [5.74, 6) is -0.343. The molecule has 9 nitrogen and oxygen atoms in total. The maximum Gasteiger partial charge on any atom is 0.306 e. The average Bonchev–Trinajstić information content (AvgIpc) is 3.26. The van der Waals surface area contributed by atoms with Crippen LogP contribution in [0.3, 0.4) is 0 Å². The number of ether oxygens (including phenoxy) is 4. The van der Waals surface area contributed by atoms with Gasteiger partial charge >= 0.3 is 5.97 Å². The number of allylic oxidation sites excluding steroid dienone is 16. The summed E-state index contributed by atoms with van der Waals surface area (Å²) in [5, 5.41) is 40.1. The lowest BCUT2D eigenvalue weighted by Crippen LogP contribution is -2.59. The van der Waals surface area contributed by atoms with Crippen molar-refractivity contribution < 1.29 is 44.2 Å². The molecule has 0 saturated carbocycles. The molecule has 1 rings (SSSR count). The van der Waals surface area contributed by atoms with Gasteiger partial charge in [0, 0.05) is 13.0 Å². The van der Waals surface area contributed by atoms with Crippen LogP contribution >= 0.6 is 0 Å². The van der Waals surface area contributed by atoms with Crippen molar-refractivity contribution in [2.45, 2.75) is 198 Å². The van der Waals surface area contributed by atoms with Crippen LogP contribution in [0.1, 0.15) is 162 Å². The number of aliphatic hydroxyl groups is 4. The van der Waals surface area contributed by atoms with E-state index in [1.165, 1.54) is 38.5 Å². The minimum Gasteiger partial charge on any atom is -0.457 e. The molecule has 348 valence electrons. The number of hydrogen-bond acceptors (Lipinski definition) is 9. The molecule has 1 aliphatic rings. The van der Waals surface area contributed by atoms with Crippen molar-refractivity contribution in [2.75, 3.05) is 26.4 Å². The van der Waals surface area contributed by atoms with Crippen molar-refractivity contribution in [1.82, 2.24) is 0 Å². The summed E-state index contributed by atoms with van der Waals surface area (Å²) in [6.07, 6.45) is 51.5. The molecule has 1 heterocycles. The maximum absolute atomic E-state index is 12.8. The molecule has 0 spiro atoms. The highest BCUT2D eigenvalue weighted by atomic mass is 16.7. The van der Waals surface area contributed by atoms with E-state index in [9.17, 15) is 25.2 Å². The van der Waals surface area contributed by atoms with Crippen LogP contribution in [0.5, 0.6) is 0 Å².